The number of nitrogens with zero attached hydrogens (tertiary/aromatic N) is 2. The van der Waals surface area contributed by atoms with Gasteiger partial charge in [-0.05, 0) is 48.6 Å². The minimum absolute atomic E-state index is 0.0509. The van der Waals surface area contributed by atoms with Gasteiger partial charge in [-0.2, -0.15) is 0 Å². The van der Waals surface area contributed by atoms with E-state index in [2.05, 4.69) is 65.5 Å². The molecular formula is C24H28N4O2S2. The van der Waals surface area contributed by atoms with Crippen molar-refractivity contribution in [3.05, 3.63) is 81.8 Å². The maximum absolute atomic E-state index is 11.8. The first kappa shape index (κ1) is 22.7. The van der Waals surface area contributed by atoms with Gasteiger partial charge in [-0.3, -0.25) is 5.32 Å². The van der Waals surface area contributed by atoms with Gasteiger partial charge >= 0.3 is 0 Å². The van der Waals surface area contributed by atoms with E-state index >= 15 is 0 Å². The van der Waals surface area contributed by atoms with E-state index in [4.69, 9.17) is 10.1 Å². The van der Waals surface area contributed by atoms with Crippen LogP contribution in [0.5, 0.6) is 0 Å². The molecule has 0 spiro atoms. The molecule has 32 heavy (non-hydrogen) atoms. The Morgan fingerprint density at radius 2 is 1.94 bits per heavy atom. The lowest BCUT2D eigenvalue weighted by atomic mass is 10.0. The average Bonchev–Trinajstić information content (AvgIpc) is 3.40. The summed E-state index contributed by atoms with van der Waals surface area (Å²) in [5, 5.41) is 11.1. The van der Waals surface area contributed by atoms with Crippen molar-refractivity contribution in [1.82, 2.24) is 14.9 Å². The zero-order valence-electron chi connectivity index (χ0n) is 18.3. The number of aromatic nitrogens is 2. The molecule has 2 aromatic carbocycles. The van der Waals surface area contributed by atoms with Crippen molar-refractivity contribution in [3.63, 3.8) is 0 Å². The van der Waals surface area contributed by atoms with E-state index in [1.165, 1.54) is 16.0 Å². The van der Waals surface area contributed by atoms with Crippen molar-refractivity contribution in [1.29, 1.82) is 0 Å². The van der Waals surface area contributed by atoms with Crippen LogP contribution in [0.2, 0.25) is 0 Å². The number of rotatable bonds is 9. The molecule has 8 heteroatoms. The number of imidazole rings is 1. The highest BCUT2D eigenvalue weighted by atomic mass is 32.2. The summed E-state index contributed by atoms with van der Waals surface area (Å²) in [6.07, 6.45) is 2.07. The SMILES string of the molecule is CCCCn1c(CN[C@@H](c2ccc(C)cc2)c2cccs2)nc2cc(S(N)(=O)=O)ccc21. The second-order valence-corrected chi connectivity index (χ2v) is 10.5. The number of sulfonamides is 1. The van der Waals surface area contributed by atoms with E-state index in [0.717, 1.165) is 30.7 Å². The topological polar surface area (TPSA) is 90.0 Å². The monoisotopic (exact) mass is 468 g/mol. The number of primary sulfonamides is 1. The second kappa shape index (κ2) is 9.54. The standard InChI is InChI=1S/C24H28N4O2S2/c1-3-4-13-28-21-12-11-19(32(25,29)30)15-20(21)27-23(28)16-26-24(22-6-5-14-31-22)18-9-7-17(2)8-10-18/h5-12,14-15,24,26H,3-4,13,16H2,1-2H3,(H2,25,29,30)/t24-/m0/s1. The summed E-state index contributed by atoms with van der Waals surface area (Å²) < 4.78 is 25.8. The first-order valence-electron chi connectivity index (χ1n) is 10.7. The first-order chi connectivity index (χ1) is 15.4. The highest BCUT2D eigenvalue weighted by molar-refractivity contribution is 7.89. The third-order valence-corrected chi connectivity index (χ3v) is 7.41. The van der Waals surface area contributed by atoms with Gasteiger partial charge in [-0.25, -0.2) is 18.5 Å². The normalized spacial score (nSPS) is 13.0. The van der Waals surface area contributed by atoms with Gasteiger partial charge in [0.2, 0.25) is 10.0 Å². The van der Waals surface area contributed by atoms with Crippen LogP contribution in [0.3, 0.4) is 0 Å². The molecule has 0 saturated carbocycles. The largest absolute Gasteiger partial charge is 0.327 e. The number of aryl methyl sites for hydroxylation is 2. The summed E-state index contributed by atoms with van der Waals surface area (Å²) in [6, 6.07) is 17.7. The average molecular weight is 469 g/mol. The molecule has 0 bridgehead atoms. The van der Waals surface area contributed by atoms with Crippen LogP contribution in [0.4, 0.5) is 0 Å². The van der Waals surface area contributed by atoms with Crippen molar-refractivity contribution >= 4 is 32.4 Å². The van der Waals surface area contributed by atoms with Crippen LogP contribution < -0.4 is 10.5 Å². The summed E-state index contributed by atoms with van der Waals surface area (Å²) in [7, 11) is -3.77. The molecule has 0 amide bonds. The van der Waals surface area contributed by atoms with E-state index < -0.39 is 10.0 Å². The van der Waals surface area contributed by atoms with Crippen molar-refractivity contribution in [2.24, 2.45) is 5.14 Å². The van der Waals surface area contributed by atoms with Gasteiger partial charge in [0.15, 0.2) is 0 Å². The van der Waals surface area contributed by atoms with E-state index in [0.29, 0.717) is 12.1 Å². The minimum atomic E-state index is -3.77. The molecule has 0 aliphatic rings. The summed E-state index contributed by atoms with van der Waals surface area (Å²) in [5.41, 5.74) is 3.99. The quantitative estimate of drug-likeness (QED) is 0.371. The van der Waals surface area contributed by atoms with Crippen molar-refractivity contribution < 1.29 is 8.42 Å². The highest BCUT2D eigenvalue weighted by Crippen LogP contribution is 2.27. The molecule has 4 aromatic rings. The lowest BCUT2D eigenvalue weighted by Gasteiger charge is -2.19. The zero-order valence-corrected chi connectivity index (χ0v) is 19.9. The summed E-state index contributed by atoms with van der Waals surface area (Å²) in [4.78, 5) is 6.11. The number of fused-ring (bicyclic) bond motifs is 1. The Labute approximate surface area is 193 Å². The van der Waals surface area contributed by atoms with Crippen LogP contribution in [0.1, 0.15) is 47.6 Å². The van der Waals surface area contributed by atoms with E-state index in [1.54, 1.807) is 29.5 Å². The number of thiophene rings is 1. The van der Waals surface area contributed by atoms with Crippen LogP contribution in [0, 0.1) is 6.92 Å². The number of unbranched alkanes of at least 4 members (excludes halogenated alkanes) is 1. The Bertz CT molecular complexity index is 1290. The molecular weight excluding hydrogens is 440 g/mol. The Morgan fingerprint density at radius 3 is 2.59 bits per heavy atom. The molecule has 0 aliphatic carbocycles. The van der Waals surface area contributed by atoms with E-state index in [1.807, 2.05) is 0 Å². The fraction of sp³-hybridized carbons (Fsp3) is 0.292. The summed E-state index contributed by atoms with van der Waals surface area (Å²) in [6.45, 7) is 5.62. The number of hydrogen-bond acceptors (Lipinski definition) is 5. The maximum Gasteiger partial charge on any atom is 0.238 e. The zero-order chi connectivity index (χ0) is 22.7. The number of nitrogens with one attached hydrogen (secondary N) is 1. The Kier molecular flexibility index (Phi) is 6.76. The third-order valence-electron chi connectivity index (χ3n) is 5.57. The van der Waals surface area contributed by atoms with Crippen LogP contribution in [-0.4, -0.2) is 18.0 Å². The summed E-state index contributed by atoms with van der Waals surface area (Å²) in [5.74, 6) is 0.883. The first-order valence-corrected chi connectivity index (χ1v) is 13.1. The third kappa shape index (κ3) is 4.94. The number of nitrogens with two attached hydrogens (primary N) is 1. The van der Waals surface area contributed by atoms with Crippen LogP contribution in [-0.2, 0) is 23.1 Å². The molecule has 4 rings (SSSR count). The lowest BCUT2D eigenvalue weighted by molar-refractivity contribution is 0.551. The maximum atomic E-state index is 11.8. The highest BCUT2D eigenvalue weighted by Gasteiger charge is 2.18. The smallest absolute Gasteiger partial charge is 0.238 e. The molecule has 3 N–H and O–H groups in total. The molecule has 0 fully saturated rings. The minimum Gasteiger partial charge on any atom is -0.327 e. The van der Waals surface area contributed by atoms with Crippen LogP contribution in [0.25, 0.3) is 11.0 Å². The van der Waals surface area contributed by atoms with Gasteiger partial charge in [-0.15, -0.1) is 11.3 Å². The number of benzene rings is 2. The predicted molar refractivity (Wildman–Crippen MR) is 130 cm³/mol. The van der Waals surface area contributed by atoms with Gasteiger partial charge in [0.1, 0.15) is 5.82 Å². The molecule has 2 heterocycles. The Hall–Kier alpha value is -2.52. The molecule has 1 atom stereocenters. The number of hydrogen-bond donors (Lipinski definition) is 2. The molecule has 168 valence electrons. The van der Waals surface area contributed by atoms with Crippen molar-refractivity contribution in [2.45, 2.75) is 50.7 Å². The van der Waals surface area contributed by atoms with E-state index in [-0.39, 0.29) is 10.9 Å². The molecule has 2 aromatic heterocycles. The Balaban J connectivity index is 1.68. The molecule has 0 saturated heterocycles. The predicted octanol–water partition coefficient (Wildman–Crippen LogP) is 4.73. The fourth-order valence-electron chi connectivity index (χ4n) is 3.83. The van der Waals surface area contributed by atoms with E-state index in [9.17, 15) is 8.42 Å². The van der Waals surface area contributed by atoms with Gasteiger partial charge < -0.3 is 4.57 Å². The van der Waals surface area contributed by atoms with Crippen LogP contribution in [0.15, 0.2) is 64.9 Å². The molecule has 0 unspecified atom stereocenters. The fourth-order valence-corrected chi connectivity index (χ4v) is 5.19. The lowest BCUT2D eigenvalue weighted by Crippen LogP contribution is -2.23. The van der Waals surface area contributed by atoms with Gasteiger partial charge in [0, 0.05) is 11.4 Å². The summed E-state index contributed by atoms with van der Waals surface area (Å²) >= 11 is 1.72. The van der Waals surface area contributed by atoms with Gasteiger partial charge in [0.05, 0.1) is 28.5 Å². The molecule has 0 aliphatic heterocycles. The van der Waals surface area contributed by atoms with Gasteiger partial charge in [0.25, 0.3) is 0 Å². The molecule has 6 nitrogen and oxygen atoms in total. The van der Waals surface area contributed by atoms with Crippen molar-refractivity contribution in [2.75, 3.05) is 0 Å². The Morgan fingerprint density at radius 1 is 1.16 bits per heavy atom. The van der Waals surface area contributed by atoms with Crippen molar-refractivity contribution in [3.8, 4) is 0 Å². The van der Waals surface area contributed by atoms with Gasteiger partial charge in [-0.1, -0.05) is 49.2 Å². The van der Waals surface area contributed by atoms with Crippen LogP contribution >= 0.6 is 11.3 Å². The molecule has 0 radical (unpaired) electrons. The second-order valence-electron chi connectivity index (χ2n) is 7.97.